The summed E-state index contributed by atoms with van der Waals surface area (Å²) in [6.07, 6.45) is 1.90. The van der Waals surface area contributed by atoms with Crippen LogP contribution in [0.15, 0.2) is 18.2 Å². The van der Waals surface area contributed by atoms with E-state index in [2.05, 4.69) is 19.2 Å². The van der Waals surface area contributed by atoms with Gasteiger partial charge in [0.2, 0.25) is 0 Å². The maximum absolute atomic E-state index is 12.0. The SMILES string of the molecule is CC(C)CC(C)OC(=O)c1ccc2c(c1)NCC2. The van der Waals surface area contributed by atoms with E-state index in [-0.39, 0.29) is 12.1 Å². The molecule has 1 heterocycles. The molecule has 0 amide bonds. The van der Waals surface area contributed by atoms with Crippen LogP contribution in [0.3, 0.4) is 0 Å². The zero-order valence-electron chi connectivity index (χ0n) is 11.3. The maximum atomic E-state index is 12.0. The summed E-state index contributed by atoms with van der Waals surface area (Å²) in [6.45, 7) is 7.16. The maximum Gasteiger partial charge on any atom is 0.338 e. The van der Waals surface area contributed by atoms with Crippen molar-refractivity contribution in [2.24, 2.45) is 5.92 Å². The standard InChI is InChI=1S/C15H21NO2/c1-10(2)8-11(3)18-15(17)13-5-4-12-6-7-16-14(12)9-13/h4-5,9-11,16H,6-8H2,1-3H3. The van der Waals surface area contributed by atoms with Crippen LogP contribution < -0.4 is 5.32 Å². The van der Waals surface area contributed by atoms with Crippen LogP contribution in [0.4, 0.5) is 5.69 Å². The van der Waals surface area contributed by atoms with Crippen molar-refractivity contribution in [1.82, 2.24) is 0 Å². The molecule has 3 heteroatoms. The second-order valence-corrected chi connectivity index (χ2v) is 5.39. The van der Waals surface area contributed by atoms with Gasteiger partial charge in [-0.05, 0) is 43.4 Å². The topological polar surface area (TPSA) is 38.3 Å². The minimum absolute atomic E-state index is 0.0290. The average molecular weight is 247 g/mol. The summed E-state index contributed by atoms with van der Waals surface area (Å²) >= 11 is 0. The summed E-state index contributed by atoms with van der Waals surface area (Å²) in [6, 6.07) is 5.77. The van der Waals surface area contributed by atoms with E-state index in [1.54, 1.807) is 0 Å². The highest BCUT2D eigenvalue weighted by Gasteiger charge is 2.16. The molecule has 1 atom stereocenters. The van der Waals surface area contributed by atoms with E-state index in [9.17, 15) is 4.79 Å². The lowest BCUT2D eigenvalue weighted by atomic mass is 10.1. The van der Waals surface area contributed by atoms with E-state index in [1.807, 2.05) is 25.1 Å². The van der Waals surface area contributed by atoms with Gasteiger partial charge in [0.25, 0.3) is 0 Å². The largest absolute Gasteiger partial charge is 0.459 e. The molecule has 1 aromatic carbocycles. The molecule has 18 heavy (non-hydrogen) atoms. The van der Waals surface area contributed by atoms with Crippen molar-refractivity contribution in [1.29, 1.82) is 0 Å². The molecule has 1 N–H and O–H groups in total. The van der Waals surface area contributed by atoms with Gasteiger partial charge in [-0.3, -0.25) is 0 Å². The van der Waals surface area contributed by atoms with Crippen molar-refractivity contribution in [2.45, 2.75) is 39.7 Å². The van der Waals surface area contributed by atoms with Crippen LogP contribution in [0, 0.1) is 5.92 Å². The highest BCUT2D eigenvalue weighted by Crippen LogP contribution is 2.24. The van der Waals surface area contributed by atoms with Gasteiger partial charge in [0, 0.05) is 12.2 Å². The number of rotatable bonds is 4. The number of anilines is 1. The van der Waals surface area contributed by atoms with Crippen molar-refractivity contribution in [3.8, 4) is 0 Å². The van der Waals surface area contributed by atoms with Gasteiger partial charge in [-0.2, -0.15) is 0 Å². The molecule has 1 aliphatic rings. The van der Waals surface area contributed by atoms with E-state index >= 15 is 0 Å². The lowest BCUT2D eigenvalue weighted by molar-refractivity contribution is 0.0300. The molecule has 2 rings (SSSR count). The van der Waals surface area contributed by atoms with E-state index in [0.29, 0.717) is 11.5 Å². The van der Waals surface area contributed by atoms with Gasteiger partial charge in [-0.15, -0.1) is 0 Å². The third-order valence-electron chi connectivity index (χ3n) is 3.17. The molecule has 0 aliphatic carbocycles. The predicted molar refractivity (Wildman–Crippen MR) is 73.0 cm³/mol. The number of benzene rings is 1. The second-order valence-electron chi connectivity index (χ2n) is 5.39. The Bertz CT molecular complexity index is 440. The molecule has 0 radical (unpaired) electrons. The summed E-state index contributed by atoms with van der Waals surface area (Å²) < 4.78 is 5.44. The van der Waals surface area contributed by atoms with Crippen LogP contribution in [-0.4, -0.2) is 18.6 Å². The number of hydrogen-bond donors (Lipinski definition) is 1. The third-order valence-corrected chi connectivity index (χ3v) is 3.17. The van der Waals surface area contributed by atoms with Crippen molar-refractivity contribution in [2.75, 3.05) is 11.9 Å². The first kappa shape index (κ1) is 12.9. The van der Waals surface area contributed by atoms with E-state index < -0.39 is 0 Å². The Kier molecular flexibility index (Phi) is 3.90. The second kappa shape index (κ2) is 5.42. The fraction of sp³-hybridized carbons (Fsp3) is 0.533. The number of carbonyl (C=O) groups is 1. The zero-order chi connectivity index (χ0) is 13.1. The van der Waals surface area contributed by atoms with Crippen molar-refractivity contribution in [3.63, 3.8) is 0 Å². The highest BCUT2D eigenvalue weighted by molar-refractivity contribution is 5.91. The summed E-state index contributed by atoms with van der Waals surface area (Å²) in [5.41, 5.74) is 2.99. The van der Waals surface area contributed by atoms with Crippen molar-refractivity contribution >= 4 is 11.7 Å². The molecular weight excluding hydrogens is 226 g/mol. The highest BCUT2D eigenvalue weighted by atomic mass is 16.5. The van der Waals surface area contributed by atoms with Crippen LogP contribution in [0.2, 0.25) is 0 Å². The Labute approximate surface area is 109 Å². The molecule has 0 aromatic heterocycles. The van der Waals surface area contributed by atoms with E-state index in [4.69, 9.17) is 4.74 Å². The number of fused-ring (bicyclic) bond motifs is 1. The molecule has 0 saturated heterocycles. The van der Waals surface area contributed by atoms with Gasteiger partial charge < -0.3 is 10.1 Å². The molecular formula is C15H21NO2. The fourth-order valence-electron chi connectivity index (χ4n) is 2.38. The molecule has 3 nitrogen and oxygen atoms in total. The number of ether oxygens (including phenoxy) is 1. The Morgan fingerprint density at radius 1 is 1.39 bits per heavy atom. The Balaban J connectivity index is 2.01. The monoisotopic (exact) mass is 247 g/mol. The van der Waals surface area contributed by atoms with Crippen LogP contribution in [0.5, 0.6) is 0 Å². The van der Waals surface area contributed by atoms with Gasteiger partial charge in [-0.1, -0.05) is 19.9 Å². The normalized spacial score (nSPS) is 15.1. The average Bonchev–Trinajstić information content (AvgIpc) is 2.74. The van der Waals surface area contributed by atoms with E-state index in [0.717, 1.165) is 25.1 Å². The number of hydrogen-bond acceptors (Lipinski definition) is 3. The summed E-state index contributed by atoms with van der Waals surface area (Å²) in [5.74, 6) is 0.314. The molecule has 1 aliphatic heterocycles. The lowest BCUT2D eigenvalue weighted by Gasteiger charge is -2.15. The molecule has 0 bridgehead atoms. The zero-order valence-corrected chi connectivity index (χ0v) is 11.3. The first-order valence-corrected chi connectivity index (χ1v) is 6.64. The van der Waals surface area contributed by atoms with Crippen molar-refractivity contribution < 1.29 is 9.53 Å². The van der Waals surface area contributed by atoms with Crippen LogP contribution in [0.25, 0.3) is 0 Å². The minimum Gasteiger partial charge on any atom is -0.459 e. The first-order valence-electron chi connectivity index (χ1n) is 6.64. The summed E-state index contributed by atoms with van der Waals surface area (Å²) in [7, 11) is 0. The van der Waals surface area contributed by atoms with Crippen molar-refractivity contribution in [3.05, 3.63) is 29.3 Å². The molecule has 1 unspecified atom stereocenters. The molecule has 1 aromatic rings. The van der Waals surface area contributed by atoms with E-state index in [1.165, 1.54) is 5.56 Å². The van der Waals surface area contributed by atoms with Gasteiger partial charge in [0.1, 0.15) is 0 Å². The Hall–Kier alpha value is -1.51. The molecule has 0 fully saturated rings. The quantitative estimate of drug-likeness (QED) is 0.830. The fourth-order valence-corrected chi connectivity index (χ4v) is 2.38. The number of esters is 1. The van der Waals surface area contributed by atoms with Gasteiger partial charge in [0.15, 0.2) is 0 Å². The van der Waals surface area contributed by atoms with Gasteiger partial charge in [-0.25, -0.2) is 4.79 Å². The van der Waals surface area contributed by atoms with Gasteiger partial charge >= 0.3 is 5.97 Å². The van der Waals surface area contributed by atoms with Crippen LogP contribution in [0.1, 0.15) is 43.1 Å². The minimum atomic E-state index is -0.223. The predicted octanol–water partition coefficient (Wildman–Crippen LogP) is 3.25. The summed E-state index contributed by atoms with van der Waals surface area (Å²) in [4.78, 5) is 12.0. The first-order chi connectivity index (χ1) is 8.56. The van der Waals surface area contributed by atoms with Crippen LogP contribution >= 0.6 is 0 Å². The number of nitrogens with one attached hydrogen (secondary N) is 1. The Morgan fingerprint density at radius 2 is 2.17 bits per heavy atom. The molecule has 0 saturated carbocycles. The smallest absolute Gasteiger partial charge is 0.338 e. The Morgan fingerprint density at radius 3 is 2.89 bits per heavy atom. The number of carbonyl (C=O) groups excluding carboxylic acids is 1. The van der Waals surface area contributed by atoms with Crippen LogP contribution in [-0.2, 0) is 11.2 Å². The molecule has 0 spiro atoms. The summed E-state index contributed by atoms with van der Waals surface area (Å²) in [5, 5.41) is 3.27. The lowest BCUT2D eigenvalue weighted by Crippen LogP contribution is -2.17. The van der Waals surface area contributed by atoms with Gasteiger partial charge in [0.05, 0.1) is 11.7 Å². The third kappa shape index (κ3) is 3.03. The molecule has 98 valence electrons.